The minimum Gasteiger partial charge on any atom is -0.393 e. The van der Waals surface area contributed by atoms with E-state index in [4.69, 9.17) is 0 Å². The number of benzene rings is 1. The third-order valence-corrected chi connectivity index (χ3v) is 4.42. The van der Waals surface area contributed by atoms with Crippen LogP contribution in [0.25, 0.3) is 0 Å². The molecule has 1 fully saturated rings. The summed E-state index contributed by atoms with van der Waals surface area (Å²) >= 11 is 0. The SMILES string of the molecule is CN1Cc2ccccc2C2(CCCC(O)C2)C1. The zero-order valence-electron chi connectivity index (χ0n) is 10.5. The van der Waals surface area contributed by atoms with E-state index >= 15 is 0 Å². The maximum atomic E-state index is 10.0. The molecule has 1 aliphatic carbocycles. The summed E-state index contributed by atoms with van der Waals surface area (Å²) in [5.41, 5.74) is 3.16. The Hall–Kier alpha value is -0.860. The topological polar surface area (TPSA) is 23.5 Å². The molecule has 1 saturated carbocycles. The molecule has 2 nitrogen and oxygen atoms in total. The Balaban J connectivity index is 2.04. The average Bonchev–Trinajstić information content (AvgIpc) is 2.28. The van der Waals surface area contributed by atoms with Crippen molar-refractivity contribution in [1.82, 2.24) is 4.90 Å². The summed E-state index contributed by atoms with van der Waals surface area (Å²) in [5.74, 6) is 0. The molecule has 17 heavy (non-hydrogen) atoms. The molecule has 0 amide bonds. The normalized spacial score (nSPS) is 33.6. The van der Waals surface area contributed by atoms with Crippen molar-refractivity contribution >= 4 is 0 Å². The van der Waals surface area contributed by atoms with Crippen molar-refractivity contribution in [2.75, 3.05) is 13.6 Å². The van der Waals surface area contributed by atoms with Gasteiger partial charge in [-0.25, -0.2) is 0 Å². The molecule has 92 valence electrons. The first-order valence-corrected chi connectivity index (χ1v) is 6.65. The lowest BCUT2D eigenvalue weighted by Crippen LogP contribution is -2.47. The quantitative estimate of drug-likeness (QED) is 0.740. The fraction of sp³-hybridized carbons (Fsp3) is 0.600. The number of aliphatic hydroxyl groups is 1. The molecule has 1 aromatic rings. The van der Waals surface area contributed by atoms with Crippen LogP contribution in [0.5, 0.6) is 0 Å². The van der Waals surface area contributed by atoms with Crippen LogP contribution in [0.4, 0.5) is 0 Å². The molecule has 0 saturated heterocycles. The Morgan fingerprint density at radius 2 is 2.18 bits per heavy atom. The highest BCUT2D eigenvalue weighted by atomic mass is 16.3. The number of nitrogens with zero attached hydrogens (tertiary/aromatic N) is 1. The lowest BCUT2D eigenvalue weighted by atomic mass is 9.65. The summed E-state index contributed by atoms with van der Waals surface area (Å²) in [4.78, 5) is 2.40. The standard InChI is InChI=1S/C15H21NO/c1-16-10-12-5-2-3-7-14(12)15(11-16)8-4-6-13(17)9-15/h2-3,5,7,13,17H,4,6,8-11H2,1H3. The Kier molecular flexibility index (Phi) is 2.72. The van der Waals surface area contributed by atoms with E-state index < -0.39 is 0 Å². The molecule has 1 heterocycles. The van der Waals surface area contributed by atoms with E-state index in [0.717, 1.165) is 32.4 Å². The lowest BCUT2D eigenvalue weighted by Gasteiger charge is -2.46. The third kappa shape index (κ3) is 1.90. The van der Waals surface area contributed by atoms with Crippen LogP contribution in [-0.2, 0) is 12.0 Å². The van der Waals surface area contributed by atoms with E-state index in [-0.39, 0.29) is 11.5 Å². The van der Waals surface area contributed by atoms with E-state index in [2.05, 4.69) is 36.2 Å². The number of hydrogen-bond donors (Lipinski definition) is 1. The first-order chi connectivity index (χ1) is 8.20. The fourth-order valence-electron chi connectivity index (χ4n) is 3.84. The Morgan fingerprint density at radius 3 is 3.00 bits per heavy atom. The first kappa shape index (κ1) is 11.2. The maximum Gasteiger partial charge on any atom is 0.0549 e. The number of fused-ring (bicyclic) bond motifs is 2. The molecule has 1 aliphatic heterocycles. The van der Waals surface area contributed by atoms with E-state index in [0.29, 0.717) is 0 Å². The molecule has 1 N–H and O–H groups in total. The van der Waals surface area contributed by atoms with Gasteiger partial charge in [0, 0.05) is 18.5 Å². The summed E-state index contributed by atoms with van der Waals surface area (Å²) < 4.78 is 0. The van der Waals surface area contributed by atoms with Gasteiger partial charge in [0.15, 0.2) is 0 Å². The summed E-state index contributed by atoms with van der Waals surface area (Å²) in [7, 11) is 2.19. The van der Waals surface area contributed by atoms with Crippen LogP contribution < -0.4 is 0 Å². The van der Waals surface area contributed by atoms with Crippen LogP contribution in [0.3, 0.4) is 0 Å². The Bertz CT molecular complexity index is 417. The monoisotopic (exact) mass is 231 g/mol. The first-order valence-electron chi connectivity index (χ1n) is 6.65. The molecule has 1 spiro atoms. The minimum atomic E-state index is -0.108. The van der Waals surface area contributed by atoms with Crippen LogP contribution in [0, 0.1) is 0 Å². The highest BCUT2D eigenvalue weighted by Crippen LogP contribution is 2.44. The molecule has 0 radical (unpaired) electrons. The second kappa shape index (κ2) is 4.11. The summed E-state index contributed by atoms with van der Waals surface area (Å²) in [5, 5.41) is 10.0. The molecule has 2 aliphatic rings. The van der Waals surface area contributed by atoms with Crippen LogP contribution in [0.1, 0.15) is 36.8 Å². The van der Waals surface area contributed by atoms with Crippen LogP contribution in [0.15, 0.2) is 24.3 Å². The predicted molar refractivity (Wildman–Crippen MR) is 68.9 cm³/mol. The lowest BCUT2D eigenvalue weighted by molar-refractivity contribution is 0.0600. The van der Waals surface area contributed by atoms with E-state index in [1.165, 1.54) is 17.5 Å². The van der Waals surface area contributed by atoms with Gasteiger partial charge < -0.3 is 10.0 Å². The van der Waals surface area contributed by atoms with Crippen molar-refractivity contribution in [3.63, 3.8) is 0 Å². The van der Waals surface area contributed by atoms with E-state index in [9.17, 15) is 5.11 Å². The summed E-state index contributed by atoms with van der Waals surface area (Å²) in [6, 6.07) is 8.80. The maximum absolute atomic E-state index is 10.0. The summed E-state index contributed by atoms with van der Waals surface area (Å²) in [6.45, 7) is 2.15. The van der Waals surface area contributed by atoms with Gasteiger partial charge in [0.25, 0.3) is 0 Å². The van der Waals surface area contributed by atoms with Gasteiger partial charge in [0.05, 0.1) is 6.10 Å². The number of aliphatic hydroxyl groups excluding tert-OH is 1. The van der Waals surface area contributed by atoms with Gasteiger partial charge in [-0.05, 0) is 43.9 Å². The highest BCUT2D eigenvalue weighted by Gasteiger charge is 2.41. The van der Waals surface area contributed by atoms with Crippen LogP contribution >= 0.6 is 0 Å². The zero-order valence-corrected chi connectivity index (χ0v) is 10.5. The van der Waals surface area contributed by atoms with Crippen molar-refractivity contribution in [2.45, 2.75) is 43.7 Å². The molecular formula is C15H21NO. The van der Waals surface area contributed by atoms with Crippen LogP contribution in [0.2, 0.25) is 0 Å². The van der Waals surface area contributed by atoms with Gasteiger partial charge in [-0.15, -0.1) is 0 Å². The van der Waals surface area contributed by atoms with Crippen molar-refractivity contribution in [3.8, 4) is 0 Å². The van der Waals surface area contributed by atoms with Crippen LogP contribution in [-0.4, -0.2) is 29.7 Å². The predicted octanol–water partition coefficient (Wildman–Crippen LogP) is 2.30. The zero-order chi connectivity index (χ0) is 11.9. The fourth-order valence-corrected chi connectivity index (χ4v) is 3.84. The largest absolute Gasteiger partial charge is 0.393 e. The average molecular weight is 231 g/mol. The van der Waals surface area contributed by atoms with Gasteiger partial charge in [-0.3, -0.25) is 0 Å². The van der Waals surface area contributed by atoms with Gasteiger partial charge in [-0.2, -0.15) is 0 Å². The molecule has 0 aromatic heterocycles. The van der Waals surface area contributed by atoms with Gasteiger partial charge >= 0.3 is 0 Å². The Morgan fingerprint density at radius 1 is 1.35 bits per heavy atom. The van der Waals surface area contributed by atoms with Crippen molar-refractivity contribution in [2.24, 2.45) is 0 Å². The molecule has 3 rings (SSSR count). The molecule has 1 aromatic carbocycles. The van der Waals surface area contributed by atoms with Gasteiger partial charge in [0.2, 0.25) is 0 Å². The van der Waals surface area contributed by atoms with Crippen molar-refractivity contribution < 1.29 is 5.11 Å². The molecule has 2 unspecified atom stereocenters. The van der Waals surface area contributed by atoms with Crippen molar-refractivity contribution in [1.29, 1.82) is 0 Å². The number of likely N-dealkylation sites (N-methyl/N-ethyl adjacent to an activating group) is 1. The molecule has 2 atom stereocenters. The van der Waals surface area contributed by atoms with E-state index in [1.54, 1.807) is 0 Å². The van der Waals surface area contributed by atoms with E-state index in [1.807, 2.05) is 0 Å². The molecule has 2 heteroatoms. The number of hydrogen-bond acceptors (Lipinski definition) is 2. The molecular weight excluding hydrogens is 210 g/mol. The Labute approximate surface area is 103 Å². The van der Waals surface area contributed by atoms with Gasteiger partial charge in [-0.1, -0.05) is 24.3 Å². The second-order valence-electron chi connectivity index (χ2n) is 5.86. The van der Waals surface area contributed by atoms with Crippen molar-refractivity contribution in [3.05, 3.63) is 35.4 Å². The third-order valence-electron chi connectivity index (χ3n) is 4.42. The number of rotatable bonds is 0. The smallest absolute Gasteiger partial charge is 0.0549 e. The minimum absolute atomic E-state index is 0.108. The summed E-state index contributed by atoms with van der Waals surface area (Å²) in [6.07, 6.45) is 4.19. The highest BCUT2D eigenvalue weighted by molar-refractivity contribution is 5.37. The molecule has 0 bridgehead atoms. The second-order valence-corrected chi connectivity index (χ2v) is 5.86. The van der Waals surface area contributed by atoms with Gasteiger partial charge in [0.1, 0.15) is 0 Å².